The maximum atomic E-state index is 12.7. The summed E-state index contributed by atoms with van der Waals surface area (Å²) < 4.78 is 25.4. The lowest BCUT2D eigenvalue weighted by atomic mass is 10.2. The summed E-state index contributed by atoms with van der Waals surface area (Å²) in [6, 6.07) is 8.91. The van der Waals surface area contributed by atoms with Gasteiger partial charge in [-0.3, -0.25) is 19.2 Å². The van der Waals surface area contributed by atoms with E-state index >= 15 is 0 Å². The van der Waals surface area contributed by atoms with Crippen molar-refractivity contribution in [2.24, 2.45) is 0 Å². The minimum absolute atomic E-state index is 0.0252. The molecule has 0 aliphatic heterocycles. The molecule has 1 atom stereocenters. The van der Waals surface area contributed by atoms with E-state index < -0.39 is 26.9 Å². The zero-order chi connectivity index (χ0) is 20.4. The Morgan fingerprint density at radius 3 is 2.48 bits per heavy atom. The van der Waals surface area contributed by atoms with Gasteiger partial charge in [0.05, 0.1) is 16.9 Å². The lowest BCUT2D eigenvalue weighted by Gasteiger charge is -2.28. The van der Waals surface area contributed by atoms with Crippen molar-refractivity contribution in [3.8, 4) is 0 Å². The quantitative estimate of drug-likeness (QED) is 0.579. The largest absolute Gasteiger partial charge is 0.324 e. The number of amides is 1. The molecule has 0 aliphatic rings. The Bertz CT molecular complexity index is 994. The van der Waals surface area contributed by atoms with Crippen molar-refractivity contribution < 1.29 is 18.1 Å². The van der Waals surface area contributed by atoms with Crippen LogP contribution >= 0.6 is 11.6 Å². The van der Waals surface area contributed by atoms with Crippen molar-refractivity contribution >= 4 is 44.6 Å². The second-order valence-corrected chi connectivity index (χ2v) is 8.18. The Balaban J connectivity index is 2.39. The van der Waals surface area contributed by atoms with Gasteiger partial charge in [-0.2, -0.15) is 0 Å². The van der Waals surface area contributed by atoms with Crippen LogP contribution in [0.15, 0.2) is 42.5 Å². The summed E-state index contributed by atoms with van der Waals surface area (Å²) >= 11 is 6.03. The number of anilines is 2. The van der Waals surface area contributed by atoms with Crippen LogP contribution in [0, 0.1) is 17.0 Å². The third-order valence-corrected chi connectivity index (χ3v) is 5.56. The van der Waals surface area contributed by atoms with Crippen LogP contribution in [0.5, 0.6) is 0 Å². The molecule has 10 heteroatoms. The number of hydrogen-bond acceptors (Lipinski definition) is 5. The molecule has 0 saturated carbocycles. The lowest BCUT2D eigenvalue weighted by Crippen LogP contribution is -2.45. The number of benzene rings is 2. The number of carbonyl (C=O) groups excluding carboxylic acids is 1. The summed E-state index contributed by atoms with van der Waals surface area (Å²) in [7, 11) is -3.89. The average Bonchev–Trinajstić information content (AvgIpc) is 2.58. The molecule has 144 valence electrons. The zero-order valence-corrected chi connectivity index (χ0v) is 16.4. The van der Waals surface area contributed by atoms with Crippen LogP contribution in [0.25, 0.3) is 0 Å². The number of rotatable bonds is 6. The van der Waals surface area contributed by atoms with Gasteiger partial charge in [-0.25, -0.2) is 8.42 Å². The molecule has 0 bridgehead atoms. The maximum absolute atomic E-state index is 12.7. The standard InChI is InChI=1S/C17H18ClN3O5S/c1-11-15(18)8-5-9-16(11)19-17(22)12(2)20(27(3,25)26)13-6-4-7-14(10-13)21(23)24/h4-10,12H,1-3H3,(H,19,22)/t12-/m1/s1. The predicted molar refractivity (Wildman–Crippen MR) is 105 cm³/mol. The fourth-order valence-corrected chi connectivity index (χ4v) is 3.87. The first-order chi connectivity index (χ1) is 12.5. The minimum Gasteiger partial charge on any atom is -0.324 e. The molecule has 27 heavy (non-hydrogen) atoms. The first-order valence-corrected chi connectivity index (χ1v) is 10.0. The summed E-state index contributed by atoms with van der Waals surface area (Å²) in [6.07, 6.45) is 0.931. The number of nitro groups is 1. The summed E-state index contributed by atoms with van der Waals surface area (Å²) in [5, 5.41) is 14.1. The molecule has 0 unspecified atom stereocenters. The molecule has 2 aromatic rings. The topological polar surface area (TPSA) is 110 Å². The SMILES string of the molecule is Cc1c(Cl)cccc1NC(=O)[C@@H](C)N(c1cccc([N+](=O)[O-])c1)S(C)(=O)=O. The summed E-state index contributed by atoms with van der Waals surface area (Å²) in [5.41, 5.74) is 0.837. The highest BCUT2D eigenvalue weighted by Gasteiger charge is 2.30. The van der Waals surface area contributed by atoms with Gasteiger partial charge in [0.25, 0.3) is 5.69 Å². The van der Waals surface area contributed by atoms with Crippen LogP contribution in [-0.4, -0.2) is 31.5 Å². The highest BCUT2D eigenvalue weighted by molar-refractivity contribution is 7.92. The Morgan fingerprint density at radius 1 is 1.26 bits per heavy atom. The molecule has 0 saturated heterocycles. The van der Waals surface area contributed by atoms with E-state index in [1.54, 1.807) is 25.1 Å². The molecule has 1 N–H and O–H groups in total. The molecule has 0 aliphatic carbocycles. The van der Waals surface area contributed by atoms with Crippen molar-refractivity contribution in [2.45, 2.75) is 19.9 Å². The van der Waals surface area contributed by atoms with E-state index in [9.17, 15) is 23.3 Å². The van der Waals surface area contributed by atoms with Gasteiger partial charge in [0.2, 0.25) is 15.9 Å². The number of sulfonamides is 1. The van der Waals surface area contributed by atoms with Gasteiger partial charge in [0.15, 0.2) is 0 Å². The van der Waals surface area contributed by atoms with Gasteiger partial charge in [-0.15, -0.1) is 0 Å². The Labute approximate surface area is 162 Å². The third-order valence-electron chi connectivity index (χ3n) is 3.91. The van der Waals surface area contributed by atoms with Crippen molar-refractivity contribution in [1.82, 2.24) is 0 Å². The van der Waals surface area contributed by atoms with E-state index in [0.29, 0.717) is 16.3 Å². The van der Waals surface area contributed by atoms with Crippen LogP contribution in [0.2, 0.25) is 5.02 Å². The number of nitrogens with zero attached hydrogens (tertiary/aromatic N) is 2. The number of hydrogen-bond donors (Lipinski definition) is 1. The van der Waals surface area contributed by atoms with Crippen molar-refractivity contribution in [2.75, 3.05) is 15.9 Å². The summed E-state index contributed by atoms with van der Waals surface area (Å²) in [4.78, 5) is 23.0. The van der Waals surface area contributed by atoms with Gasteiger partial charge in [-0.05, 0) is 37.6 Å². The Hall–Kier alpha value is -2.65. The minimum atomic E-state index is -3.89. The number of carbonyl (C=O) groups is 1. The van der Waals surface area contributed by atoms with E-state index in [-0.39, 0.29) is 11.4 Å². The average molecular weight is 412 g/mol. The zero-order valence-electron chi connectivity index (χ0n) is 14.8. The highest BCUT2D eigenvalue weighted by atomic mass is 35.5. The van der Waals surface area contributed by atoms with Gasteiger partial charge in [0.1, 0.15) is 6.04 Å². The Morgan fingerprint density at radius 2 is 1.89 bits per heavy atom. The van der Waals surface area contributed by atoms with Gasteiger partial charge >= 0.3 is 0 Å². The number of halogens is 1. The number of nitrogens with one attached hydrogen (secondary N) is 1. The van der Waals surface area contributed by atoms with Gasteiger partial charge in [0, 0.05) is 22.8 Å². The van der Waals surface area contributed by atoms with Crippen LogP contribution in [0.3, 0.4) is 0 Å². The molecule has 0 aromatic heterocycles. The summed E-state index contributed by atoms with van der Waals surface area (Å²) in [6.45, 7) is 3.12. The van der Waals surface area contributed by atoms with Crippen LogP contribution in [0.4, 0.5) is 17.1 Å². The second-order valence-electron chi connectivity index (χ2n) is 5.91. The molecular weight excluding hydrogens is 394 g/mol. The molecule has 2 rings (SSSR count). The van der Waals surface area contributed by atoms with E-state index in [1.165, 1.54) is 25.1 Å². The normalized spacial score (nSPS) is 12.3. The van der Waals surface area contributed by atoms with E-state index in [2.05, 4.69) is 5.32 Å². The molecule has 0 fully saturated rings. The molecule has 8 nitrogen and oxygen atoms in total. The van der Waals surface area contributed by atoms with Gasteiger partial charge in [-0.1, -0.05) is 23.7 Å². The van der Waals surface area contributed by atoms with Crippen LogP contribution in [0.1, 0.15) is 12.5 Å². The first-order valence-electron chi connectivity index (χ1n) is 7.82. The molecule has 0 heterocycles. The van der Waals surface area contributed by atoms with Gasteiger partial charge < -0.3 is 5.32 Å². The number of nitro benzene ring substituents is 1. The molecule has 0 spiro atoms. The van der Waals surface area contributed by atoms with Crippen molar-refractivity contribution in [1.29, 1.82) is 0 Å². The predicted octanol–water partition coefficient (Wildman–Crippen LogP) is 3.35. The highest BCUT2D eigenvalue weighted by Crippen LogP contribution is 2.27. The lowest BCUT2D eigenvalue weighted by molar-refractivity contribution is -0.384. The fraction of sp³-hybridized carbons (Fsp3) is 0.235. The maximum Gasteiger partial charge on any atom is 0.271 e. The van der Waals surface area contributed by atoms with Crippen molar-refractivity contribution in [3.63, 3.8) is 0 Å². The smallest absolute Gasteiger partial charge is 0.271 e. The molecule has 0 radical (unpaired) electrons. The first kappa shape index (κ1) is 20.7. The van der Waals surface area contributed by atoms with Crippen molar-refractivity contribution in [3.05, 3.63) is 63.2 Å². The molecule has 1 amide bonds. The summed E-state index contributed by atoms with van der Waals surface area (Å²) in [5.74, 6) is -0.600. The monoisotopic (exact) mass is 411 g/mol. The molecule has 2 aromatic carbocycles. The van der Waals surface area contributed by atoms with Crippen LogP contribution in [-0.2, 0) is 14.8 Å². The van der Waals surface area contributed by atoms with Crippen LogP contribution < -0.4 is 9.62 Å². The fourth-order valence-electron chi connectivity index (χ4n) is 2.53. The third kappa shape index (κ3) is 4.75. The van der Waals surface area contributed by atoms with E-state index in [0.717, 1.165) is 16.6 Å². The molecular formula is C17H18ClN3O5S. The Kier molecular flexibility index (Phi) is 6.07. The second kappa shape index (κ2) is 7.93. The van der Waals surface area contributed by atoms with E-state index in [1.807, 2.05) is 0 Å². The van der Waals surface area contributed by atoms with E-state index in [4.69, 9.17) is 11.6 Å². The number of non-ortho nitro benzene ring substituents is 1.